The molecule has 90 valence electrons. The molecule has 2 heterocycles. The van der Waals surface area contributed by atoms with Crippen molar-refractivity contribution < 1.29 is 0 Å². The Morgan fingerprint density at radius 1 is 1.06 bits per heavy atom. The molecule has 1 aliphatic heterocycles. The summed E-state index contributed by atoms with van der Waals surface area (Å²) in [6.07, 6.45) is 0. The van der Waals surface area contributed by atoms with Gasteiger partial charge in [0.25, 0.3) is 0 Å². The minimum absolute atomic E-state index is 0.111. The molecule has 0 aliphatic carbocycles. The number of aryl methyl sites for hydroxylation is 1. The van der Waals surface area contributed by atoms with Gasteiger partial charge in [-0.3, -0.25) is 10.4 Å². The maximum Gasteiger partial charge on any atom is 0.137 e. The van der Waals surface area contributed by atoms with Crippen LogP contribution in [0, 0.1) is 6.92 Å². The molecule has 0 spiro atoms. The van der Waals surface area contributed by atoms with Crippen molar-refractivity contribution in [1.29, 1.82) is 0 Å². The van der Waals surface area contributed by atoms with Crippen molar-refractivity contribution in [3.8, 4) is 0 Å². The number of thioether (sulfide) groups is 1. The monoisotopic (exact) mass is 255 g/mol. The van der Waals surface area contributed by atoms with Crippen molar-refractivity contribution in [3.63, 3.8) is 0 Å². The Kier molecular flexibility index (Phi) is 3.02. The van der Waals surface area contributed by atoms with Gasteiger partial charge >= 0.3 is 0 Å². The van der Waals surface area contributed by atoms with Gasteiger partial charge in [-0.05, 0) is 19.1 Å². The zero-order valence-electron chi connectivity index (χ0n) is 10.00. The molecule has 0 bridgehead atoms. The lowest BCUT2D eigenvalue weighted by molar-refractivity contribution is 0.722. The van der Waals surface area contributed by atoms with Crippen LogP contribution in [-0.2, 0) is 0 Å². The summed E-state index contributed by atoms with van der Waals surface area (Å²) in [5.41, 5.74) is 6.33. The van der Waals surface area contributed by atoms with Crippen LogP contribution in [0.2, 0.25) is 0 Å². The summed E-state index contributed by atoms with van der Waals surface area (Å²) in [7, 11) is 0. The fourth-order valence-electron chi connectivity index (χ4n) is 1.83. The summed E-state index contributed by atoms with van der Waals surface area (Å²) in [4.78, 5) is 4.53. The fourth-order valence-corrected chi connectivity index (χ4v) is 2.79. The first-order valence-electron chi connectivity index (χ1n) is 5.82. The van der Waals surface area contributed by atoms with E-state index in [-0.39, 0.29) is 5.37 Å². The predicted molar refractivity (Wildman–Crippen MR) is 75.4 cm³/mol. The lowest BCUT2D eigenvalue weighted by Crippen LogP contribution is -2.08. The molecule has 0 amide bonds. The molecule has 0 saturated carbocycles. The number of aromatic nitrogens is 1. The number of benzene rings is 1. The molecule has 0 radical (unpaired) electrons. The first kappa shape index (κ1) is 11.3. The largest absolute Gasteiger partial charge is 0.289 e. The summed E-state index contributed by atoms with van der Waals surface area (Å²) >= 11 is 1.70. The molecule has 3 rings (SSSR count). The van der Waals surface area contributed by atoms with E-state index in [0.29, 0.717) is 0 Å². The van der Waals surface area contributed by atoms with Gasteiger partial charge in [-0.1, -0.05) is 48.2 Å². The van der Waals surface area contributed by atoms with Gasteiger partial charge in [0.2, 0.25) is 0 Å². The number of nitrogens with zero attached hydrogens (tertiary/aromatic N) is 2. The zero-order chi connectivity index (χ0) is 12.4. The molecule has 3 nitrogen and oxygen atoms in total. The zero-order valence-corrected chi connectivity index (χ0v) is 10.8. The number of hydrogen-bond donors (Lipinski definition) is 1. The van der Waals surface area contributed by atoms with Crippen LogP contribution in [0.15, 0.2) is 53.6 Å². The Hall–Kier alpha value is -1.81. The SMILES string of the molecule is Cc1cccc([C@H]2NN=C(c3ccccc3)S2)n1. The third kappa shape index (κ3) is 2.24. The molecule has 1 aromatic heterocycles. The van der Waals surface area contributed by atoms with Crippen molar-refractivity contribution in [3.05, 3.63) is 65.5 Å². The molecule has 0 fully saturated rings. The van der Waals surface area contributed by atoms with E-state index in [0.717, 1.165) is 22.0 Å². The van der Waals surface area contributed by atoms with E-state index in [2.05, 4.69) is 27.6 Å². The number of nitrogens with one attached hydrogen (secondary N) is 1. The van der Waals surface area contributed by atoms with Crippen LogP contribution in [0.3, 0.4) is 0 Å². The highest BCUT2D eigenvalue weighted by Gasteiger charge is 2.22. The number of pyridine rings is 1. The molecule has 1 N–H and O–H groups in total. The normalized spacial score (nSPS) is 18.3. The van der Waals surface area contributed by atoms with E-state index in [1.165, 1.54) is 0 Å². The molecule has 1 aromatic carbocycles. The Morgan fingerprint density at radius 2 is 1.89 bits per heavy atom. The molecular formula is C14H13N3S. The van der Waals surface area contributed by atoms with Crippen molar-refractivity contribution in [1.82, 2.24) is 10.4 Å². The third-order valence-electron chi connectivity index (χ3n) is 2.71. The third-order valence-corrected chi connectivity index (χ3v) is 3.84. The Morgan fingerprint density at radius 3 is 2.67 bits per heavy atom. The molecule has 1 aliphatic rings. The topological polar surface area (TPSA) is 37.3 Å². The first-order chi connectivity index (χ1) is 8.83. The van der Waals surface area contributed by atoms with Gasteiger partial charge in [-0.2, -0.15) is 5.10 Å². The molecule has 0 unspecified atom stereocenters. The van der Waals surface area contributed by atoms with E-state index in [4.69, 9.17) is 0 Å². The summed E-state index contributed by atoms with van der Waals surface area (Å²) < 4.78 is 0. The molecule has 2 aromatic rings. The van der Waals surface area contributed by atoms with E-state index in [1.54, 1.807) is 11.8 Å². The Bertz CT molecular complexity index is 581. The van der Waals surface area contributed by atoms with Gasteiger partial charge in [-0.15, -0.1) is 0 Å². The van der Waals surface area contributed by atoms with Crippen LogP contribution in [-0.4, -0.2) is 10.0 Å². The van der Waals surface area contributed by atoms with Gasteiger partial charge in [0.05, 0.1) is 5.69 Å². The lowest BCUT2D eigenvalue weighted by atomic mass is 10.2. The summed E-state index contributed by atoms with van der Waals surface area (Å²) in [6.45, 7) is 2.00. The minimum atomic E-state index is 0.111. The van der Waals surface area contributed by atoms with Gasteiger partial charge in [0.1, 0.15) is 10.4 Å². The van der Waals surface area contributed by atoms with Gasteiger partial charge in [0.15, 0.2) is 0 Å². The summed E-state index contributed by atoms with van der Waals surface area (Å²) in [5.74, 6) is 0. The quantitative estimate of drug-likeness (QED) is 0.896. The van der Waals surface area contributed by atoms with Crippen molar-refractivity contribution in [2.45, 2.75) is 12.3 Å². The highest BCUT2D eigenvalue weighted by Crippen LogP contribution is 2.33. The van der Waals surface area contributed by atoms with Gasteiger partial charge in [0, 0.05) is 11.3 Å². The molecule has 4 heteroatoms. The Balaban J connectivity index is 1.79. The molecule has 18 heavy (non-hydrogen) atoms. The van der Waals surface area contributed by atoms with Crippen molar-refractivity contribution in [2.24, 2.45) is 5.10 Å². The van der Waals surface area contributed by atoms with Gasteiger partial charge in [-0.25, -0.2) is 0 Å². The van der Waals surface area contributed by atoms with Crippen LogP contribution in [0.4, 0.5) is 0 Å². The minimum Gasteiger partial charge on any atom is -0.289 e. The number of hydrogen-bond acceptors (Lipinski definition) is 4. The van der Waals surface area contributed by atoms with E-state index < -0.39 is 0 Å². The van der Waals surface area contributed by atoms with Crippen LogP contribution in [0.5, 0.6) is 0 Å². The standard InChI is InChI=1S/C14H13N3S/c1-10-6-5-9-12(15-10)14-17-16-13(18-14)11-7-3-2-4-8-11/h2-9,14,17H,1H3/t14-/m0/s1. The maximum atomic E-state index is 4.53. The average Bonchev–Trinajstić information content (AvgIpc) is 2.89. The second-order valence-electron chi connectivity index (χ2n) is 4.11. The lowest BCUT2D eigenvalue weighted by Gasteiger charge is -2.08. The Labute approximate surface area is 110 Å². The smallest absolute Gasteiger partial charge is 0.137 e. The number of rotatable bonds is 2. The second-order valence-corrected chi connectivity index (χ2v) is 5.21. The average molecular weight is 255 g/mol. The second kappa shape index (κ2) is 4.82. The summed E-state index contributed by atoms with van der Waals surface area (Å²) in [5, 5.41) is 5.51. The number of hydrazone groups is 1. The van der Waals surface area contributed by atoms with Crippen molar-refractivity contribution >= 4 is 16.8 Å². The van der Waals surface area contributed by atoms with Crippen LogP contribution in [0.1, 0.15) is 22.3 Å². The summed E-state index contributed by atoms with van der Waals surface area (Å²) in [6, 6.07) is 16.3. The fraction of sp³-hybridized carbons (Fsp3) is 0.143. The van der Waals surface area contributed by atoms with E-state index in [1.807, 2.05) is 43.3 Å². The highest BCUT2D eigenvalue weighted by molar-refractivity contribution is 8.14. The first-order valence-corrected chi connectivity index (χ1v) is 6.70. The molecule has 0 saturated heterocycles. The maximum absolute atomic E-state index is 4.53. The van der Waals surface area contributed by atoms with Crippen molar-refractivity contribution in [2.75, 3.05) is 0 Å². The molecule has 1 atom stereocenters. The highest BCUT2D eigenvalue weighted by atomic mass is 32.2. The molecular weight excluding hydrogens is 242 g/mol. The van der Waals surface area contributed by atoms with Crippen LogP contribution >= 0.6 is 11.8 Å². The van der Waals surface area contributed by atoms with Crippen LogP contribution < -0.4 is 5.43 Å². The predicted octanol–water partition coefficient (Wildman–Crippen LogP) is 3.09. The van der Waals surface area contributed by atoms with Crippen LogP contribution in [0.25, 0.3) is 0 Å². The van der Waals surface area contributed by atoms with Gasteiger partial charge < -0.3 is 0 Å². The van der Waals surface area contributed by atoms with E-state index in [9.17, 15) is 0 Å². The van der Waals surface area contributed by atoms with E-state index >= 15 is 0 Å².